The lowest BCUT2D eigenvalue weighted by Gasteiger charge is -2.22. The molecule has 3 heterocycles. The zero-order valence-electron chi connectivity index (χ0n) is 17.0. The van der Waals surface area contributed by atoms with Crippen LogP contribution in [0.2, 0.25) is 0 Å². The van der Waals surface area contributed by atoms with Gasteiger partial charge in [-0.05, 0) is 50.8 Å². The first-order valence-corrected chi connectivity index (χ1v) is 10.3. The molecule has 0 N–H and O–H groups in total. The molecule has 4 rings (SSSR count). The largest absolute Gasteiger partial charge is 0.339 e. The number of pyridine rings is 1. The van der Waals surface area contributed by atoms with Crippen molar-refractivity contribution < 1.29 is 4.79 Å². The number of benzene rings is 1. The third kappa shape index (κ3) is 3.41. The van der Waals surface area contributed by atoms with E-state index >= 15 is 0 Å². The lowest BCUT2D eigenvalue weighted by molar-refractivity contribution is 0.0763. The number of hydrogen-bond acceptors (Lipinski definition) is 3. The van der Waals surface area contributed by atoms with Crippen LogP contribution in [0, 0.1) is 13.8 Å². The van der Waals surface area contributed by atoms with Crippen molar-refractivity contribution in [2.75, 3.05) is 13.1 Å². The van der Waals surface area contributed by atoms with Gasteiger partial charge >= 0.3 is 0 Å². The van der Waals surface area contributed by atoms with Gasteiger partial charge in [0.1, 0.15) is 0 Å². The summed E-state index contributed by atoms with van der Waals surface area (Å²) in [7, 11) is 0. The minimum atomic E-state index is 0.127. The van der Waals surface area contributed by atoms with Crippen LogP contribution in [0.25, 0.3) is 22.2 Å². The molecular formula is C23H28N4O. The van der Waals surface area contributed by atoms with Crippen LogP contribution in [0.4, 0.5) is 0 Å². The fraction of sp³-hybridized carbons (Fsp3) is 0.435. The molecule has 5 heteroatoms. The Kier molecular flexibility index (Phi) is 5.16. The quantitative estimate of drug-likeness (QED) is 0.663. The molecule has 1 fully saturated rings. The zero-order valence-corrected chi connectivity index (χ0v) is 17.0. The number of aromatic nitrogens is 3. The Bertz CT molecular complexity index is 1010. The molecule has 28 heavy (non-hydrogen) atoms. The van der Waals surface area contributed by atoms with Crippen molar-refractivity contribution >= 4 is 16.8 Å². The Morgan fingerprint density at radius 1 is 1.11 bits per heavy atom. The lowest BCUT2D eigenvalue weighted by Crippen LogP contribution is -2.32. The molecule has 5 nitrogen and oxygen atoms in total. The number of amides is 1. The summed E-state index contributed by atoms with van der Waals surface area (Å²) in [6.07, 6.45) is 8.43. The molecule has 0 atom stereocenters. The van der Waals surface area contributed by atoms with Crippen LogP contribution >= 0.6 is 0 Å². The summed E-state index contributed by atoms with van der Waals surface area (Å²) in [5.74, 6) is 0.127. The van der Waals surface area contributed by atoms with Crippen LogP contribution in [0.1, 0.15) is 54.1 Å². The molecule has 1 saturated heterocycles. The minimum absolute atomic E-state index is 0.127. The third-order valence-electron chi connectivity index (χ3n) is 5.88. The summed E-state index contributed by atoms with van der Waals surface area (Å²) in [4.78, 5) is 20.4. The van der Waals surface area contributed by atoms with Crippen LogP contribution in [-0.4, -0.2) is 38.7 Å². The number of hydrogen-bond donors (Lipinski definition) is 0. The van der Waals surface area contributed by atoms with Crippen molar-refractivity contribution in [1.29, 1.82) is 0 Å². The molecule has 0 aliphatic carbocycles. The molecule has 1 aliphatic rings. The molecule has 1 amide bonds. The van der Waals surface area contributed by atoms with Gasteiger partial charge in [-0.15, -0.1) is 0 Å². The molecule has 0 saturated carbocycles. The van der Waals surface area contributed by atoms with Crippen LogP contribution in [0.5, 0.6) is 0 Å². The van der Waals surface area contributed by atoms with E-state index in [1.807, 2.05) is 28.0 Å². The molecule has 1 aromatic carbocycles. The maximum Gasteiger partial charge on any atom is 0.254 e. The first-order chi connectivity index (χ1) is 13.6. The number of likely N-dealkylation sites (tertiary alicyclic amines) is 1. The van der Waals surface area contributed by atoms with E-state index in [0.717, 1.165) is 65.8 Å². The zero-order chi connectivity index (χ0) is 19.7. The molecule has 3 aromatic rings. The van der Waals surface area contributed by atoms with Crippen molar-refractivity contribution in [3.63, 3.8) is 0 Å². The highest BCUT2D eigenvalue weighted by molar-refractivity contribution is 6.08. The lowest BCUT2D eigenvalue weighted by atomic mass is 9.99. The van der Waals surface area contributed by atoms with Gasteiger partial charge in [0.2, 0.25) is 0 Å². The van der Waals surface area contributed by atoms with E-state index in [1.54, 1.807) is 0 Å². The number of carbonyl (C=O) groups excluding carboxylic acids is 1. The fourth-order valence-electron chi connectivity index (χ4n) is 3.97. The van der Waals surface area contributed by atoms with Gasteiger partial charge in [-0.3, -0.25) is 9.48 Å². The van der Waals surface area contributed by atoms with Gasteiger partial charge in [-0.25, -0.2) is 4.98 Å². The number of carbonyl (C=O) groups is 1. The highest BCUT2D eigenvalue weighted by Gasteiger charge is 2.22. The van der Waals surface area contributed by atoms with Crippen molar-refractivity contribution in [3.8, 4) is 11.3 Å². The Balaban J connectivity index is 1.87. The molecular weight excluding hydrogens is 348 g/mol. The first kappa shape index (κ1) is 18.7. The van der Waals surface area contributed by atoms with Crippen LogP contribution in [0.3, 0.4) is 0 Å². The van der Waals surface area contributed by atoms with Gasteiger partial charge < -0.3 is 4.90 Å². The Morgan fingerprint density at radius 3 is 2.54 bits per heavy atom. The Labute approximate surface area is 166 Å². The van der Waals surface area contributed by atoms with Crippen LogP contribution < -0.4 is 0 Å². The number of fused-ring (bicyclic) bond motifs is 1. The molecule has 0 radical (unpaired) electrons. The maximum absolute atomic E-state index is 13.5. The van der Waals surface area contributed by atoms with Crippen LogP contribution in [-0.2, 0) is 6.54 Å². The number of rotatable bonds is 3. The van der Waals surface area contributed by atoms with Crippen molar-refractivity contribution in [2.24, 2.45) is 0 Å². The Morgan fingerprint density at radius 2 is 1.86 bits per heavy atom. The topological polar surface area (TPSA) is 51.0 Å². The summed E-state index contributed by atoms with van der Waals surface area (Å²) < 4.78 is 1.89. The van der Waals surface area contributed by atoms with Gasteiger partial charge in [-0.2, -0.15) is 5.10 Å². The summed E-state index contributed by atoms with van der Waals surface area (Å²) in [5, 5.41) is 5.34. The predicted octanol–water partition coefficient (Wildman–Crippen LogP) is 4.75. The SMILES string of the molecule is CCn1cc(-c2cc(C(=O)N3CCCCCC3)c3ccc(C)c(C)c3n2)cn1. The van der Waals surface area contributed by atoms with E-state index in [2.05, 4.69) is 38.0 Å². The smallest absolute Gasteiger partial charge is 0.254 e. The van der Waals surface area contributed by atoms with Gasteiger partial charge in [0, 0.05) is 36.8 Å². The molecule has 0 unspecified atom stereocenters. The predicted molar refractivity (Wildman–Crippen MR) is 112 cm³/mol. The summed E-state index contributed by atoms with van der Waals surface area (Å²) in [6, 6.07) is 6.10. The second-order valence-electron chi connectivity index (χ2n) is 7.75. The van der Waals surface area contributed by atoms with Gasteiger partial charge in [0.15, 0.2) is 0 Å². The van der Waals surface area contributed by atoms with Gasteiger partial charge in [0.25, 0.3) is 5.91 Å². The van der Waals surface area contributed by atoms with Gasteiger partial charge in [-0.1, -0.05) is 25.0 Å². The van der Waals surface area contributed by atoms with E-state index in [1.165, 1.54) is 18.4 Å². The number of aryl methyl sites for hydroxylation is 3. The molecule has 146 valence electrons. The van der Waals surface area contributed by atoms with Gasteiger partial charge in [0.05, 0.1) is 23.0 Å². The standard InChI is InChI=1S/C23H28N4O/c1-4-27-15-18(14-24-27)21-13-20(23(28)26-11-7-5-6-8-12-26)19-10-9-16(2)17(3)22(19)25-21/h9-10,13-15H,4-8,11-12H2,1-3H3. The summed E-state index contributed by atoms with van der Waals surface area (Å²) in [5.41, 5.74) is 5.77. The highest BCUT2D eigenvalue weighted by atomic mass is 16.2. The number of nitrogens with zero attached hydrogens (tertiary/aromatic N) is 4. The normalized spacial score (nSPS) is 15.0. The van der Waals surface area contributed by atoms with E-state index in [0.29, 0.717) is 0 Å². The van der Waals surface area contributed by atoms with Crippen molar-refractivity contribution in [3.05, 3.63) is 47.3 Å². The monoisotopic (exact) mass is 376 g/mol. The average Bonchev–Trinajstić information content (AvgIpc) is 3.04. The average molecular weight is 377 g/mol. The fourth-order valence-corrected chi connectivity index (χ4v) is 3.97. The van der Waals surface area contributed by atoms with E-state index in [-0.39, 0.29) is 5.91 Å². The highest BCUT2D eigenvalue weighted by Crippen LogP contribution is 2.29. The molecule has 0 bridgehead atoms. The maximum atomic E-state index is 13.5. The minimum Gasteiger partial charge on any atom is -0.339 e. The van der Waals surface area contributed by atoms with Crippen LogP contribution in [0.15, 0.2) is 30.6 Å². The third-order valence-corrected chi connectivity index (χ3v) is 5.88. The molecule has 1 aliphatic heterocycles. The second kappa shape index (κ2) is 7.74. The summed E-state index contributed by atoms with van der Waals surface area (Å²) >= 11 is 0. The van der Waals surface area contributed by atoms with E-state index in [4.69, 9.17) is 4.98 Å². The first-order valence-electron chi connectivity index (χ1n) is 10.3. The second-order valence-corrected chi connectivity index (χ2v) is 7.75. The van der Waals surface area contributed by atoms with Crippen molar-refractivity contribution in [2.45, 2.75) is 53.0 Å². The van der Waals surface area contributed by atoms with Crippen molar-refractivity contribution in [1.82, 2.24) is 19.7 Å². The molecule has 0 spiro atoms. The van der Waals surface area contributed by atoms with E-state index in [9.17, 15) is 4.79 Å². The molecule has 2 aromatic heterocycles. The Hall–Kier alpha value is -2.69. The van der Waals surface area contributed by atoms with E-state index < -0.39 is 0 Å². The summed E-state index contributed by atoms with van der Waals surface area (Å²) in [6.45, 7) is 8.74.